The van der Waals surface area contributed by atoms with Crippen LogP contribution < -0.4 is 0 Å². The molecule has 88 valence electrons. The molecule has 6 nitrogen and oxygen atoms in total. The maximum Gasteiger partial charge on any atom is 0.339 e. The van der Waals surface area contributed by atoms with E-state index >= 15 is 0 Å². The number of halogens is 1. The minimum absolute atomic E-state index is 0.0677. The van der Waals surface area contributed by atoms with Crippen LogP contribution in [0, 0.1) is 13.8 Å². The molecule has 0 amide bonds. The highest BCUT2D eigenvalue weighted by molar-refractivity contribution is 9.10. The SMILES string of the molecule is Cc1nn(-c2nnccc2C(=O)O)c(C)c1Br. The molecule has 0 atom stereocenters. The summed E-state index contributed by atoms with van der Waals surface area (Å²) in [6.07, 6.45) is 1.34. The molecule has 0 spiro atoms. The zero-order chi connectivity index (χ0) is 12.6. The van der Waals surface area contributed by atoms with E-state index in [4.69, 9.17) is 5.11 Å². The Morgan fingerprint density at radius 2 is 2.18 bits per heavy atom. The molecule has 2 rings (SSSR count). The quantitative estimate of drug-likeness (QED) is 0.913. The Morgan fingerprint density at radius 1 is 1.47 bits per heavy atom. The van der Waals surface area contributed by atoms with Gasteiger partial charge in [0.1, 0.15) is 5.56 Å². The van der Waals surface area contributed by atoms with Crippen molar-refractivity contribution in [2.75, 3.05) is 0 Å². The second kappa shape index (κ2) is 4.25. The maximum absolute atomic E-state index is 11.1. The Balaban J connectivity index is 2.68. The molecule has 17 heavy (non-hydrogen) atoms. The molecule has 0 aliphatic heterocycles. The Labute approximate surface area is 105 Å². The molecule has 0 aromatic carbocycles. The minimum Gasteiger partial charge on any atom is -0.478 e. The van der Waals surface area contributed by atoms with Gasteiger partial charge in [-0.3, -0.25) is 0 Å². The summed E-state index contributed by atoms with van der Waals surface area (Å²) in [6, 6.07) is 1.40. The summed E-state index contributed by atoms with van der Waals surface area (Å²) in [5, 5.41) is 20.8. The van der Waals surface area contributed by atoms with E-state index in [0.717, 1.165) is 15.9 Å². The number of hydrogen-bond donors (Lipinski definition) is 1. The molecule has 0 saturated carbocycles. The zero-order valence-corrected chi connectivity index (χ0v) is 10.8. The van der Waals surface area contributed by atoms with Gasteiger partial charge < -0.3 is 5.11 Å². The minimum atomic E-state index is -1.06. The molecule has 2 heterocycles. The van der Waals surface area contributed by atoms with Crippen LogP contribution in [-0.4, -0.2) is 31.1 Å². The van der Waals surface area contributed by atoms with Gasteiger partial charge in [0.2, 0.25) is 0 Å². The molecule has 2 aromatic rings. The average molecular weight is 297 g/mol. The molecule has 0 bridgehead atoms. The van der Waals surface area contributed by atoms with Crippen molar-refractivity contribution < 1.29 is 9.90 Å². The lowest BCUT2D eigenvalue weighted by Gasteiger charge is -2.05. The van der Waals surface area contributed by atoms with Crippen LogP contribution in [0.3, 0.4) is 0 Å². The monoisotopic (exact) mass is 296 g/mol. The van der Waals surface area contributed by atoms with Gasteiger partial charge in [0.25, 0.3) is 0 Å². The van der Waals surface area contributed by atoms with Crippen LogP contribution in [-0.2, 0) is 0 Å². The number of aromatic carboxylic acids is 1. The lowest BCUT2D eigenvalue weighted by molar-refractivity contribution is 0.0696. The standard InChI is InChI=1S/C10H9BrN4O2/c1-5-8(11)6(2)15(14-5)9-7(10(16)17)3-4-12-13-9/h3-4H,1-2H3,(H,16,17). The predicted molar refractivity (Wildman–Crippen MR) is 63.3 cm³/mol. The first kappa shape index (κ1) is 11.7. The van der Waals surface area contributed by atoms with Crippen molar-refractivity contribution in [2.45, 2.75) is 13.8 Å². The number of rotatable bonds is 2. The van der Waals surface area contributed by atoms with Crippen LogP contribution >= 0.6 is 15.9 Å². The zero-order valence-electron chi connectivity index (χ0n) is 9.18. The molecule has 1 N–H and O–H groups in total. The van der Waals surface area contributed by atoms with Crippen molar-refractivity contribution in [2.24, 2.45) is 0 Å². The summed E-state index contributed by atoms with van der Waals surface area (Å²) in [6.45, 7) is 3.65. The van der Waals surface area contributed by atoms with Crippen molar-refractivity contribution in [3.05, 3.63) is 33.7 Å². The highest BCUT2D eigenvalue weighted by atomic mass is 79.9. The molecule has 0 unspecified atom stereocenters. The molecule has 7 heteroatoms. The first-order valence-corrected chi connectivity index (χ1v) is 5.58. The van der Waals surface area contributed by atoms with E-state index in [0.29, 0.717) is 0 Å². The predicted octanol–water partition coefficient (Wildman–Crippen LogP) is 1.74. The summed E-state index contributed by atoms with van der Waals surface area (Å²) in [7, 11) is 0. The number of aromatic nitrogens is 4. The van der Waals surface area contributed by atoms with Crippen molar-refractivity contribution >= 4 is 21.9 Å². The van der Waals surface area contributed by atoms with E-state index in [-0.39, 0.29) is 11.4 Å². The molecule has 0 aliphatic carbocycles. The third kappa shape index (κ3) is 1.93. The second-order valence-electron chi connectivity index (χ2n) is 3.47. The summed E-state index contributed by atoms with van der Waals surface area (Å²) in [5.41, 5.74) is 1.62. The first-order chi connectivity index (χ1) is 8.02. The van der Waals surface area contributed by atoms with Crippen molar-refractivity contribution in [1.29, 1.82) is 0 Å². The van der Waals surface area contributed by atoms with Gasteiger partial charge in [0.15, 0.2) is 5.82 Å². The van der Waals surface area contributed by atoms with Gasteiger partial charge in [-0.15, -0.1) is 5.10 Å². The van der Waals surface area contributed by atoms with Crippen LogP contribution in [0.4, 0.5) is 0 Å². The number of nitrogens with zero attached hydrogens (tertiary/aromatic N) is 4. The summed E-state index contributed by atoms with van der Waals surface area (Å²) >= 11 is 3.38. The Kier molecular flexibility index (Phi) is 2.93. The lowest BCUT2D eigenvalue weighted by atomic mass is 10.3. The van der Waals surface area contributed by atoms with Crippen LogP contribution in [0.1, 0.15) is 21.7 Å². The topological polar surface area (TPSA) is 80.9 Å². The molecular weight excluding hydrogens is 288 g/mol. The highest BCUT2D eigenvalue weighted by Crippen LogP contribution is 2.23. The Morgan fingerprint density at radius 3 is 2.71 bits per heavy atom. The molecule has 0 fully saturated rings. The number of aryl methyl sites for hydroxylation is 1. The van der Waals surface area contributed by atoms with Crippen molar-refractivity contribution in [3.8, 4) is 5.82 Å². The summed E-state index contributed by atoms with van der Waals surface area (Å²) in [5.74, 6) is -0.843. The van der Waals surface area contributed by atoms with Gasteiger partial charge in [-0.25, -0.2) is 9.48 Å². The molecule has 0 aliphatic rings. The molecule has 0 saturated heterocycles. The fourth-order valence-corrected chi connectivity index (χ4v) is 1.72. The Bertz CT molecular complexity index is 594. The van der Waals surface area contributed by atoms with E-state index in [1.165, 1.54) is 16.9 Å². The van der Waals surface area contributed by atoms with Crippen LogP contribution in [0.2, 0.25) is 0 Å². The number of carboxylic acid groups (broad SMARTS) is 1. The van der Waals surface area contributed by atoms with Crippen LogP contribution in [0.5, 0.6) is 0 Å². The molecular formula is C10H9BrN4O2. The number of hydrogen-bond acceptors (Lipinski definition) is 4. The maximum atomic E-state index is 11.1. The average Bonchev–Trinajstić information content (AvgIpc) is 2.57. The smallest absolute Gasteiger partial charge is 0.339 e. The van der Waals surface area contributed by atoms with E-state index in [1.807, 2.05) is 13.8 Å². The van der Waals surface area contributed by atoms with Crippen LogP contribution in [0.15, 0.2) is 16.7 Å². The molecule has 2 aromatic heterocycles. The van der Waals surface area contributed by atoms with Gasteiger partial charge in [-0.05, 0) is 35.8 Å². The van der Waals surface area contributed by atoms with Gasteiger partial charge in [-0.2, -0.15) is 10.2 Å². The fraction of sp³-hybridized carbons (Fsp3) is 0.200. The fourth-order valence-electron chi connectivity index (χ4n) is 1.48. The number of carboxylic acids is 1. The first-order valence-electron chi connectivity index (χ1n) is 4.79. The van der Waals surface area contributed by atoms with E-state index in [1.54, 1.807) is 0 Å². The van der Waals surface area contributed by atoms with E-state index in [9.17, 15) is 4.79 Å². The largest absolute Gasteiger partial charge is 0.478 e. The van der Waals surface area contributed by atoms with Gasteiger partial charge in [0, 0.05) is 0 Å². The van der Waals surface area contributed by atoms with Gasteiger partial charge in [0.05, 0.1) is 22.1 Å². The second-order valence-corrected chi connectivity index (χ2v) is 4.26. The Hall–Kier alpha value is -1.76. The van der Waals surface area contributed by atoms with E-state index in [2.05, 4.69) is 31.2 Å². The third-order valence-corrected chi connectivity index (χ3v) is 3.48. The van der Waals surface area contributed by atoms with Crippen molar-refractivity contribution in [1.82, 2.24) is 20.0 Å². The summed E-state index contributed by atoms with van der Waals surface area (Å²) in [4.78, 5) is 11.1. The van der Waals surface area contributed by atoms with Crippen LogP contribution in [0.25, 0.3) is 5.82 Å². The molecule has 0 radical (unpaired) electrons. The lowest BCUT2D eigenvalue weighted by Crippen LogP contribution is -2.11. The van der Waals surface area contributed by atoms with Crippen molar-refractivity contribution in [3.63, 3.8) is 0 Å². The van der Waals surface area contributed by atoms with Gasteiger partial charge in [-0.1, -0.05) is 0 Å². The summed E-state index contributed by atoms with van der Waals surface area (Å²) < 4.78 is 2.30. The van der Waals surface area contributed by atoms with Gasteiger partial charge >= 0.3 is 5.97 Å². The normalized spacial score (nSPS) is 10.5. The highest BCUT2D eigenvalue weighted by Gasteiger charge is 2.18. The number of carbonyl (C=O) groups is 1. The third-order valence-electron chi connectivity index (χ3n) is 2.34. The van der Waals surface area contributed by atoms with E-state index < -0.39 is 5.97 Å².